The van der Waals surface area contributed by atoms with Crippen molar-refractivity contribution in [1.82, 2.24) is 14.8 Å². The van der Waals surface area contributed by atoms with Crippen LogP contribution in [0.4, 0.5) is 17.6 Å². The highest BCUT2D eigenvalue weighted by molar-refractivity contribution is 7.90. The van der Waals surface area contributed by atoms with Gasteiger partial charge in [-0.1, -0.05) is 6.07 Å². The molecule has 0 bridgehead atoms. The van der Waals surface area contributed by atoms with Crippen molar-refractivity contribution in [2.45, 2.75) is 44.2 Å². The van der Waals surface area contributed by atoms with Gasteiger partial charge < -0.3 is 19.4 Å². The van der Waals surface area contributed by atoms with Crippen LogP contribution in [0.5, 0.6) is 5.75 Å². The molecule has 3 aromatic carbocycles. The summed E-state index contributed by atoms with van der Waals surface area (Å²) < 4.78 is 89.6. The van der Waals surface area contributed by atoms with Crippen LogP contribution in [-0.4, -0.2) is 46.0 Å². The van der Waals surface area contributed by atoms with Crippen LogP contribution in [0, 0.1) is 12.7 Å². The van der Waals surface area contributed by atoms with Crippen LogP contribution in [-0.2, 0) is 22.0 Å². The molecule has 9 nitrogen and oxygen atoms in total. The molecule has 236 valence electrons. The third-order valence-electron chi connectivity index (χ3n) is 6.84. The van der Waals surface area contributed by atoms with Crippen LogP contribution in [0.3, 0.4) is 0 Å². The molecule has 0 atom stereocenters. The van der Waals surface area contributed by atoms with Crippen molar-refractivity contribution in [3.8, 4) is 45.1 Å². The molecule has 45 heavy (non-hydrogen) atoms. The topological polar surface area (TPSA) is 128 Å². The number of aromatic nitrogens is 3. The van der Waals surface area contributed by atoms with E-state index in [0.717, 1.165) is 24.5 Å². The lowest BCUT2D eigenvalue weighted by molar-refractivity contribution is -0.274. The number of hydrogen-bond acceptors (Lipinski definition) is 8. The molecule has 0 spiro atoms. The van der Waals surface area contributed by atoms with E-state index in [1.54, 1.807) is 51.2 Å². The summed E-state index contributed by atoms with van der Waals surface area (Å²) in [6.07, 6.45) is -2.36. The molecule has 0 unspecified atom stereocenters. The maximum atomic E-state index is 15.1. The molecule has 0 fully saturated rings. The lowest BCUT2D eigenvalue weighted by Gasteiger charge is -2.15. The van der Waals surface area contributed by atoms with Crippen LogP contribution in [0.25, 0.3) is 39.4 Å². The molecule has 0 radical (unpaired) electrons. The van der Waals surface area contributed by atoms with Crippen LogP contribution in [0.2, 0.25) is 0 Å². The number of alkyl halides is 3. The van der Waals surface area contributed by atoms with E-state index in [1.807, 2.05) is 0 Å². The molecule has 2 heterocycles. The highest BCUT2D eigenvalue weighted by Gasteiger charge is 2.31. The van der Waals surface area contributed by atoms with E-state index >= 15 is 4.39 Å². The second kappa shape index (κ2) is 11.4. The highest BCUT2D eigenvalue weighted by atomic mass is 32.2. The Kier molecular flexibility index (Phi) is 8.10. The number of ether oxygens (including phenoxy) is 1. The fraction of sp³-hybridized carbons (Fsp3) is 0.226. The van der Waals surface area contributed by atoms with Crippen molar-refractivity contribution in [1.29, 1.82) is 0 Å². The SMILES string of the molecule is Cc1nc(-c2ccc(OC(F)(F)F)cc2)c(-c2cc(-c3cc(F)c(CO)c(S(C)(=O)=O)c3)ccc2-n2ccc(C(C)(C)O)n2)o1. The first kappa shape index (κ1) is 31.9. The summed E-state index contributed by atoms with van der Waals surface area (Å²) in [5, 5.41) is 24.6. The van der Waals surface area contributed by atoms with Gasteiger partial charge >= 0.3 is 6.36 Å². The molecule has 0 saturated carbocycles. The molecule has 5 rings (SSSR count). The number of halogens is 4. The molecule has 0 saturated heterocycles. The van der Waals surface area contributed by atoms with Crippen LogP contribution < -0.4 is 4.74 Å². The van der Waals surface area contributed by atoms with Crippen molar-refractivity contribution in [3.05, 3.63) is 89.8 Å². The number of aliphatic hydroxyl groups is 2. The molecule has 2 N–H and O–H groups in total. The van der Waals surface area contributed by atoms with E-state index in [9.17, 15) is 31.8 Å². The average Bonchev–Trinajstić information content (AvgIpc) is 3.59. The van der Waals surface area contributed by atoms with Gasteiger partial charge in [0.1, 0.15) is 22.9 Å². The Morgan fingerprint density at radius 3 is 2.22 bits per heavy atom. The number of rotatable bonds is 8. The Morgan fingerprint density at radius 2 is 1.64 bits per heavy atom. The van der Waals surface area contributed by atoms with Crippen molar-refractivity contribution in [3.63, 3.8) is 0 Å². The number of oxazole rings is 1. The normalized spacial score (nSPS) is 12.5. The fourth-order valence-corrected chi connectivity index (χ4v) is 5.71. The Morgan fingerprint density at radius 1 is 0.978 bits per heavy atom. The second-order valence-corrected chi connectivity index (χ2v) is 12.8. The van der Waals surface area contributed by atoms with Crippen LogP contribution >= 0.6 is 0 Å². The van der Waals surface area contributed by atoms with E-state index in [0.29, 0.717) is 28.1 Å². The second-order valence-electron chi connectivity index (χ2n) is 10.8. The third kappa shape index (κ3) is 6.77. The number of hydrogen-bond donors (Lipinski definition) is 2. The van der Waals surface area contributed by atoms with Crippen molar-refractivity contribution < 1.29 is 45.3 Å². The van der Waals surface area contributed by atoms with Gasteiger partial charge in [-0.2, -0.15) is 5.10 Å². The lowest BCUT2D eigenvalue weighted by atomic mass is 9.97. The van der Waals surface area contributed by atoms with E-state index < -0.39 is 40.0 Å². The van der Waals surface area contributed by atoms with Gasteiger partial charge in [-0.15, -0.1) is 13.2 Å². The van der Waals surface area contributed by atoms with Gasteiger partial charge in [0.25, 0.3) is 0 Å². The van der Waals surface area contributed by atoms with Gasteiger partial charge in [0.2, 0.25) is 0 Å². The molecule has 0 amide bonds. The lowest BCUT2D eigenvalue weighted by Crippen LogP contribution is -2.16. The van der Waals surface area contributed by atoms with Gasteiger partial charge in [0.15, 0.2) is 21.5 Å². The summed E-state index contributed by atoms with van der Waals surface area (Å²) in [5.74, 6) is -0.936. The van der Waals surface area contributed by atoms with Gasteiger partial charge in [-0.25, -0.2) is 22.5 Å². The van der Waals surface area contributed by atoms with E-state index in [4.69, 9.17) is 4.42 Å². The molecule has 2 aromatic heterocycles. The van der Waals surface area contributed by atoms with Gasteiger partial charge in [-0.05, 0) is 79.6 Å². The zero-order chi connectivity index (χ0) is 32.9. The number of nitrogens with zero attached hydrogens (tertiary/aromatic N) is 3. The highest BCUT2D eigenvalue weighted by Crippen LogP contribution is 2.40. The van der Waals surface area contributed by atoms with E-state index in [-0.39, 0.29) is 33.4 Å². The van der Waals surface area contributed by atoms with Crippen molar-refractivity contribution >= 4 is 9.84 Å². The molecule has 0 aliphatic rings. The fourth-order valence-electron chi connectivity index (χ4n) is 4.76. The van der Waals surface area contributed by atoms with Crippen molar-refractivity contribution in [2.75, 3.05) is 6.26 Å². The van der Waals surface area contributed by atoms with Gasteiger partial charge in [-0.3, -0.25) is 0 Å². The minimum Gasteiger partial charge on any atom is -0.440 e. The summed E-state index contributed by atoms with van der Waals surface area (Å²) in [5.41, 5.74) is 0.712. The summed E-state index contributed by atoms with van der Waals surface area (Å²) in [6.45, 7) is 3.89. The smallest absolute Gasteiger partial charge is 0.440 e. The van der Waals surface area contributed by atoms with Crippen molar-refractivity contribution in [2.24, 2.45) is 0 Å². The van der Waals surface area contributed by atoms with E-state index in [2.05, 4.69) is 14.8 Å². The monoisotopic (exact) mass is 645 g/mol. The average molecular weight is 646 g/mol. The molecular weight excluding hydrogens is 618 g/mol. The third-order valence-corrected chi connectivity index (χ3v) is 8.01. The first-order valence-corrected chi connectivity index (χ1v) is 15.2. The molecule has 14 heteroatoms. The zero-order valence-electron chi connectivity index (χ0n) is 24.3. The summed E-state index contributed by atoms with van der Waals surface area (Å²) in [7, 11) is -3.92. The minimum atomic E-state index is -4.87. The Balaban J connectivity index is 1.73. The number of aryl methyl sites for hydroxylation is 1. The molecule has 5 aromatic rings. The maximum Gasteiger partial charge on any atom is 0.573 e. The minimum absolute atomic E-state index is 0.182. The Hall–Kier alpha value is -4.53. The quantitative estimate of drug-likeness (QED) is 0.188. The van der Waals surface area contributed by atoms with E-state index in [1.165, 1.54) is 22.9 Å². The summed E-state index contributed by atoms with van der Waals surface area (Å²) in [4.78, 5) is 4.09. The predicted molar refractivity (Wildman–Crippen MR) is 156 cm³/mol. The molecule has 0 aliphatic heterocycles. The summed E-state index contributed by atoms with van der Waals surface area (Å²) in [6, 6.07) is 13.8. The first-order chi connectivity index (χ1) is 20.9. The molecule has 0 aliphatic carbocycles. The Bertz CT molecular complexity index is 1990. The number of aliphatic hydroxyl groups excluding tert-OH is 1. The maximum absolute atomic E-state index is 15.1. The van der Waals surface area contributed by atoms with Crippen LogP contribution in [0.1, 0.15) is 31.0 Å². The largest absolute Gasteiger partial charge is 0.573 e. The standard InChI is InChI=1S/C31H27F4N3O6S/c1-17-36-28(18-5-8-21(9-6-18)44-31(33,34)35)29(43-17)22-13-19(7-10-25(22)38-12-11-27(37-38)30(2,3)40)20-14-24(32)23(16-39)26(15-20)45(4,41)42/h5-15,39-40H,16H2,1-4H3. The van der Waals surface area contributed by atoms with Gasteiger partial charge in [0, 0.05) is 36.1 Å². The summed E-state index contributed by atoms with van der Waals surface area (Å²) >= 11 is 0. The predicted octanol–water partition coefficient (Wildman–Crippen LogP) is 6.33. The first-order valence-electron chi connectivity index (χ1n) is 13.4. The molecular formula is C31H27F4N3O6S. The van der Waals surface area contributed by atoms with Gasteiger partial charge in [0.05, 0.1) is 22.9 Å². The Labute approximate surface area is 255 Å². The zero-order valence-corrected chi connectivity index (χ0v) is 25.2. The van der Waals surface area contributed by atoms with Crippen LogP contribution in [0.15, 0.2) is 76.2 Å². The number of benzene rings is 3. The number of sulfone groups is 1.